The first-order valence-electron chi connectivity index (χ1n) is 3.91. The molecule has 1 aromatic rings. The van der Waals surface area contributed by atoms with Crippen molar-refractivity contribution in [2.75, 3.05) is 0 Å². The second kappa shape index (κ2) is 1.82. The summed E-state index contributed by atoms with van der Waals surface area (Å²) in [7, 11) is 0. The molecular formula is C6H5FO. The van der Waals surface area contributed by atoms with E-state index < -0.39 is 35.7 Å². The van der Waals surface area contributed by atoms with Crippen LogP contribution in [0.25, 0.3) is 0 Å². The Morgan fingerprint density at radius 2 is 1.88 bits per heavy atom. The molecule has 0 saturated carbocycles. The van der Waals surface area contributed by atoms with Gasteiger partial charge in [0.2, 0.25) is 0 Å². The van der Waals surface area contributed by atoms with Crippen LogP contribution >= 0.6 is 0 Å². The monoisotopic (exact) mass is 116 g/mol. The largest absolute Gasteiger partial charge is 0.508 e. The summed E-state index contributed by atoms with van der Waals surface area (Å²) in [5.41, 5.74) is 0. The lowest BCUT2D eigenvalue weighted by Gasteiger charge is -1.86. The first kappa shape index (κ1) is 2.05. The summed E-state index contributed by atoms with van der Waals surface area (Å²) in [6.45, 7) is 0. The van der Waals surface area contributed by atoms with Crippen LogP contribution in [0.2, 0.25) is 0 Å². The van der Waals surface area contributed by atoms with E-state index in [0.29, 0.717) is 0 Å². The molecule has 1 N–H and O–H groups in total. The predicted octanol–water partition coefficient (Wildman–Crippen LogP) is 1.53. The van der Waals surface area contributed by atoms with E-state index in [-0.39, 0.29) is 0 Å². The van der Waals surface area contributed by atoms with E-state index in [1.165, 1.54) is 0 Å². The molecule has 0 aliphatic carbocycles. The summed E-state index contributed by atoms with van der Waals surface area (Å²) in [4.78, 5) is 0. The molecule has 0 spiro atoms. The Morgan fingerprint density at radius 1 is 1.38 bits per heavy atom. The third kappa shape index (κ3) is 0.964. The van der Waals surface area contributed by atoms with Crippen molar-refractivity contribution in [2.45, 2.75) is 0 Å². The molecule has 0 saturated heterocycles. The van der Waals surface area contributed by atoms with Crippen molar-refractivity contribution >= 4 is 0 Å². The predicted molar refractivity (Wildman–Crippen MR) is 28.1 cm³/mol. The summed E-state index contributed by atoms with van der Waals surface area (Å²) in [5.74, 6) is -2.07. The molecule has 0 radical (unpaired) electrons. The number of benzene rings is 1. The highest BCUT2D eigenvalue weighted by atomic mass is 19.1. The molecular weight excluding hydrogens is 107 g/mol. The Balaban J connectivity index is 3.60. The van der Waals surface area contributed by atoms with Crippen molar-refractivity contribution in [1.82, 2.24) is 0 Å². The van der Waals surface area contributed by atoms with Gasteiger partial charge in [0.15, 0.2) is 0 Å². The van der Waals surface area contributed by atoms with Gasteiger partial charge in [-0.2, -0.15) is 0 Å². The van der Waals surface area contributed by atoms with E-state index >= 15 is 0 Å². The van der Waals surface area contributed by atoms with Crippen LogP contribution in [-0.2, 0) is 0 Å². The number of aromatic hydroxyl groups is 1. The molecule has 0 amide bonds. The lowest BCUT2D eigenvalue weighted by atomic mass is 10.3. The van der Waals surface area contributed by atoms with Crippen molar-refractivity contribution in [2.24, 2.45) is 0 Å². The molecule has 2 heteroatoms. The topological polar surface area (TPSA) is 20.2 Å². The average Bonchev–Trinajstić information content (AvgIpc) is 2.08. The van der Waals surface area contributed by atoms with E-state index in [4.69, 9.17) is 10.6 Å². The van der Waals surface area contributed by atoms with Gasteiger partial charge in [0.1, 0.15) is 11.6 Å². The van der Waals surface area contributed by atoms with Gasteiger partial charge in [-0.05, 0) is 24.2 Å². The van der Waals surface area contributed by atoms with E-state index in [2.05, 4.69) is 0 Å². The van der Waals surface area contributed by atoms with Gasteiger partial charge in [-0.3, -0.25) is 0 Å². The second-order valence-corrected chi connectivity index (χ2v) is 1.16. The molecule has 0 aliphatic heterocycles. The zero-order chi connectivity index (χ0) is 9.46. The van der Waals surface area contributed by atoms with Crippen molar-refractivity contribution in [3.8, 4) is 5.75 Å². The zero-order valence-electron chi connectivity index (χ0n) is 7.83. The van der Waals surface area contributed by atoms with E-state index in [9.17, 15) is 4.39 Å². The normalized spacial score (nSPS) is 16.1. The molecule has 0 unspecified atom stereocenters. The van der Waals surface area contributed by atoms with Crippen LogP contribution in [-0.4, -0.2) is 5.11 Å². The Labute approximate surface area is 52.0 Å². The molecule has 0 fully saturated rings. The summed E-state index contributed by atoms with van der Waals surface area (Å²) in [6, 6.07) is -3.22. The van der Waals surface area contributed by atoms with E-state index in [0.717, 1.165) is 0 Å². The quantitative estimate of drug-likeness (QED) is 0.545. The van der Waals surface area contributed by atoms with Gasteiger partial charge in [-0.25, -0.2) is 4.39 Å². The maximum Gasteiger partial charge on any atom is 0.123 e. The fourth-order valence-corrected chi connectivity index (χ4v) is 0.291. The third-order valence-electron chi connectivity index (χ3n) is 0.581. The van der Waals surface area contributed by atoms with E-state index in [1.807, 2.05) is 0 Å². The lowest BCUT2D eigenvalue weighted by Crippen LogP contribution is -1.67. The van der Waals surface area contributed by atoms with Crippen LogP contribution in [0.5, 0.6) is 5.75 Å². The van der Waals surface area contributed by atoms with Crippen LogP contribution in [0.1, 0.15) is 5.48 Å². The fraction of sp³-hybridized carbons (Fsp3) is 0. The van der Waals surface area contributed by atoms with Crippen LogP contribution in [0.15, 0.2) is 24.2 Å². The first-order chi connectivity index (χ1) is 5.46. The van der Waals surface area contributed by atoms with Crippen LogP contribution in [0, 0.1) is 5.82 Å². The molecule has 1 aromatic carbocycles. The number of phenolic OH excluding ortho intramolecular Hbond substituents is 1. The lowest BCUT2D eigenvalue weighted by molar-refractivity contribution is 0.473. The third-order valence-corrected chi connectivity index (χ3v) is 0.581. The second-order valence-electron chi connectivity index (χ2n) is 1.16. The Kier molecular flexibility index (Phi) is 0.467. The fourth-order valence-electron chi connectivity index (χ4n) is 0.291. The summed E-state index contributed by atoms with van der Waals surface area (Å²) < 4.78 is 40.4. The molecule has 0 aromatic heterocycles. The Morgan fingerprint density at radius 3 is 2.38 bits per heavy atom. The Hall–Kier alpha value is -1.05. The summed E-state index contributed by atoms with van der Waals surface area (Å²) >= 11 is 0. The highest BCUT2D eigenvalue weighted by Gasteiger charge is 1.85. The highest BCUT2D eigenvalue weighted by molar-refractivity contribution is 5.19. The minimum absolute atomic E-state index is 0.756. The van der Waals surface area contributed by atoms with Gasteiger partial charge in [-0.15, -0.1) is 0 Å². The van der Waals surface area contributed by atoms with Crippen molar-refractivity contribution < 1.29 is 15.0 Å². The standard InChI is InChI=1S/C6H5FO/c7-5-1-3-6(8)4-2-5/h1-4,8H/i1D,2D,3D,4D. The van der Waals surface area contributed by atoms with Gasteiger partial charge in [-0.1, -0.05) is 0 Å². The van der Waals surface area contributed by atoms with Gasteiger partial charge in [0.25, 0.3) is 0 Å². The number of rotatable bonds is 0. The van der Waals surface area contributed by atoms with Crippen LogP contribution in [0.4, 0.5) is 4.39 Å². The number of hydrogen-bond donors (Lipinski definition) is 1. The molecule has 1 rings (SSSR count). The maximum atomic E-state index is 12.7. The molecule has 8 heavy (non-hydrogen) atoms. The van der Waals surface area contributed by atoms with Gasteiger partial charge in [0.05, 0.1) is 5.48 Å². The number of hydrogen-bond acceptors (Lipinski definition) is 1. The minimum atomic E-state index is -1.25. The van der Waals surface area contributed by atoms with Gasteiger partial charge >= 0.3 is 0 Å². The van der Waals surface area contributed by atoms with Gasteiger partial charge < -0.3 is 5.11 Å². The average molecular weight is 116 g/mol. The Bertz CT molecular complexity index is 234. The molecule has 0 bridgehead atoms. The maximum absolute atomic E-state index is 12.7. The summed E-state index contributed by atoms with van der Waals surface area (Å²) in [5, 5.41) is 8.91. The SMILES string of the molecule is [2H]c1c([2H])c(F)c([2H])c([2H])c1O. The smallest absolute Gasteiger partial charge is 0.123 e. The molecule has 0 heterocycles. The van der Waals surface area contributed by atoms with Crippen molar-refractivity contribution in [1.29, 1.82) is 0 Å². The molecule has 0 atom stereocenters. The molecule has 0 aliphatic rings. The van der Waals surface area contributed by atoms with Crippen molar-refractivity contribution in [3.63, 3.8) is 0 Å². The molecule has 1 nitrogen and oxygen atoms in total. The molecule has 42 valence electrons. The zero-order valence-corrected chi connectivity index (χ0v) is 3.83. The van der Waals surface area contributed by atoms with Crippen LogP contribution < -0.4 is 0 Å². The summed E-state index contributed by atoms with van der Waals surface area (Å²) in [6.07, 6.45) is 0. The van der Waals surface area contributed by atoms with Crippen LogP contribution in [0.3, 0.4) is 0 Å². The van der Waals surface area contributed by atoms with E-state index in [1.54, 1.807) is 0 Å². The van der Waals surface area contributed by atoms with Crippen molar-refractivity contribution in [3.05, 3.63) is 30.0 Å². The highest BCUT2D eigenvalue weighted by Crippen LogP contribution is 2.06. The minimum Gasteiger partial charge on any atom is -0.508 e. The van der Waals surface area contributed by atoms with Gasteiger partial charge in [0, 0.05) is 0 Å². The number of halogens is 1. The first-order valence-corrected chi connectivity index (χ1v) is 1.91. The number of phenols is 1.